The van der Waals surface area contributed by atoms with Crippen molar-refractivity contribution in [2.75, 3.05) is 0 Å². The van der Waals surface area contributed by atoms with Crippen LogP contribution in [-0.4, -0.2) is 12.0 Å². The summed E-state index contributed by atoms with van der Waals surface area (Å²) in [6.07, 6.45) is 0. The van der Waals surface area contributed by atoms with Gasteiger partial charge < -0.3 is 15.4 Å². The molecular weight excluding hydrogens is 340 g/mol. The molecule has 2 aromatic carbocycles. The summed E-state index contributed by atoms with van der Waals surface area (Å²) < 4.78 is 5.43. The SMILES string of the molecule is CC1=C(C(=O)OCc2ccccc2)[C@H](c2ccc(Cl)cc2)NC(=O)N1. The topological polar surface area (TPSA) is 67.4 Å². The predicted octanol–water partition coefficient (Wildman–Crippen LogP) is 3.71. The minimum atomic E-state index is -0.589. The zero-order valence-corrected chi connectivity index (χ0v) is 14.3. The van der Waals surface area contributed by atoms with Crippen LogP contribution in [0, 0.1) is 0 Å². The summed E-state index contributed by atoms with van der Waals surface area (Å²) in [6.45, 7) is 1.85. The molecule has 6 heteroatoms. The van der Waals surface area contributed by atoms with E-state index < -0.39 is 12.0 Å². The molecule has 1 aliphatic heterocycles. The van der Waals surface area contributed by atoms with Gasteiger partial charge in [0, 0.05) is 10.7 Å². The number of amides is 2. The lowest BCUT2D eigenvalue weighted by Gasteiger charge is -2.28. The molecule has 0 unspecified atom stereocenters. The Hall–Kier alpha value is -2.79. The normalized spacial score (nSPS) is 16.9. The molecule has 0 spiro atoms. The van der Waals surface area contributed by atoms with E-state index in [1.165, 1.54) is 0 Å². The molecule has 0 aliphatic carbocycles. The number of hydrogen-bond acceptors (Lipinski definition) is 3. The maximum absolute atomic E-state index is 12.6. The van der Waals surface area contributed by atoms with Crippen molar-refractivity contribution in [1.82, 2.24) is 10.6 Å². The van der Waals surface area contributed by atoms with Gasteiger partial charge in [0.2, 0.25) is 0 Å². The van der Waals surface area contributed by atoms with Crippen molar-refractivity contribution in [3.05, 3.63) is 82.0 Å². The summed E-state index contributed by atoms with van der Waals surface area (Å²) in [6, 6.07) is 15.5. The van der Waals surface area contributed by atoms with E-state index in [9.17, 15) is 9.59 Å². The van der Waals surface area contributed by atoms with Crippen molar-refractivity contribution in [3.8, 4) is 0 Å². The quantitative estimate of drug-likeness (QED) is 0.820. The Balaban J connectivity index is 1.84. The molecule has 1 heterocycles. The number of rotatable bonds is 4. The van der Waals surface area contributed by atoms with Crippen LogP contribution in [0.1, 0.15) is 24.1 Å². The minimum absolute atomic E-state index is 0.164. The summed E-state index contributed by atoms with van der Waals surface area (Å²) in [5.41, 5.74) is 2.50. The average molecular weight is 357 g/mol. The molecular formula is C19H17ClN2O3. The second-order valence-electron chi connectivity index (χ2n) is 5.68. The maximum atomic E-state index is 12.6. The highest BCUT2D eigenvalue weighted by molar-refractivity contribution is 6.30. The lowest BCUT2D eigenvalue weighted by atomic mass is 9.95. The Morgan fingerprint density at radius 1 is 1.12 bits per heavy atom. The maximum Gasteiger partial charge on any atom is 0.338 e. The van der Waals surface area contributed by atoms with Gasteiger partial charge in [0.25, 0.3) is 0 Å². The second-order valence-corrected chi connectivity index (χ2v) is 6.12. The molecule has 1 aliphatic rings. The standard InChI is InChI=1S/C19H17ClN2O3/c1-12-16(18(23)25-11-13-5-3-2-4-6-13)17(22-19(24)21-12)14-7-9-15(20)10-8-14/h2-10,17H,11H2,1H3,(H2,21,22,24)/t17-/m0/s1. The number of benzene rings is 2. The van der Waals surface area contributed by atoms with Gasteiger partial charge in [-0.05, 0) is 30.2 Å². The van der Waals surface area contributed by atoms with Crippen molar-refractivity contribution in [2.24, 2.45) is 0 Å². The molecule has 2 N–H and O–H groups in total. The first-order valence-corrected chi connectivity index (χ1v) is 8.17. The number of urea groups is 1. The number of nitrogens with one attached hydrogen (secondary N) is 2. The van der Waals surface area contributed by atoms with Crippen LogP contribution in [-0.2, 0) is 16.1 Å². The van der Waals surface area contributed by atoms with Gasteiger partial charge >= 0.3 is 12.0 Å². The number of carbonyl (C=O) groups is 2. The van der Waals surface area contributed by atoms with Gasteiger partial charge in [0.1, 0.15) is 6.61 Å². The van der Waals surface area contributed by atoms with Crippen LogP contribution >= 0.6 is 11.6 Å². The molecule has 25 heavy (non-hydrogen) atoms. The smallest absolute Gasteiger partial charge is 0.338 e. The number of allylic oxidation sites excluding steroid dienone is 1. The van der Waals surface area contributed by atoms with Gasteiger partial charge in [-0.3, -0.25) is 0 Å². The van der Waals surface area contributed by atoms with E-state index in [0.717, 1.165) is 11.1 Å². The summed E-state index contributed by atoms with van der Waals surface area (Å²) in [7, 11) is 0. The monoisotopic (exact) mass is 356 g/mol. The summed E-state index contributed by atoms with van der Waals surface area (Å²) in [5.74, 6) is -0.478. The Morgan fingerprint density at radius 2 is 1.80 bits per heavy atom. The third kappa shape index (κ3) is 4.00. The Bertz CT molecular complexity index is 816. The molecule has 0 radical (unpaired) electrons. The largest absolute Gasteiger partial charge is 0.457 e. The highest BCUT2D eigenvalue weighted by Crippen LogP contribution is 2.28. The molecule has 0 fully saturated rings. The Labute approximate surface area is 150 Å². The van der Waals surface area contributed by atoms with E-state index in [4.69, 9.17) is 16.3 Å². The van der Waals surface area contributed by atoms with Gasteiger partial charge in [-0.15, -0.1) is 0 Å². The van der Waals surface area contributed by atoms with Crippen LogP contribution in [0.3, 0.4) is 0 Å². The van der Waals surface area contributed by atoms with Gasteiger partial charge in [-0.1, -0.05) is 54.1 Å². The van der Waals surface area contributed by atoms with Crippen LogP contribution in [0.4, 0.5) is 4.79 Å². The second kappa shape index (κ2) is 7.40. The van der Waals surface area contributed by atoms with E-state index in [1.807, 2.05) is 30.3 Å². The van der Waals surface area contributed by atoms with Crippen molar-refractivity contribution < 1.29 is 14.3 Å². The minimum Gasteiger partial charge on any atom is -0.457 e. The number of ether oxygens (including phenoxy) is 1. The van der Waals surface area contributed by atoms with Crippen LogP contribution in [0.5, 0.6) is 0 Å². The third-order valence-corrected chi connectivity index (χ3v) is 4.16. The summed E-state index contributed by atoms with van der Waals surface area (Å²) >= 11 is 5.92. The van der Waals surface area contributed by atoms with Gasteiger partial charge in [-0.2, -0.15) is 0 Å². The highest BCUT2D eigenvalue weighted by Gasteiger charge is 2.32. The molecule has 5 nitrogen and oxygen atoms in total. The first kappa shape index (κ1) is 17.0. The summed E-state index contributed by atoms with van der Waals surface area (Å²) in [5, 5.41) is 5.96. The van der Waals surface area contributed by atoms with Crippen LogP contribution in [0.15, 0.2) is 65.9 Å². The summed E-state index contributed by atoms with van der Waals surface area (Å²) in [4.78, 5) is 24.5. The first-order chi connectivity index (χ1) is 12.0. The molecule has 0 bridgehead atoms. The van der Waals surface area contributed by atoms with E-state index in [0.29, 0.717) is 16.3 Å². The molecule has 3 rings (SSSR count). The fourth-order valence-corrected chi connectivity index (χ4v) is 2.80. The van der Waals surface area contributed by atoms with Crippen molar-refractivity contribution in [1.29, 1.82) is 0 Å². The highest BCUT2D eigenvalue weighted by atomic mass is 35.5. The average Bonchev–Trinajstić information content (AvgIpc) is 2.60. The zero-order valence-electron chi connectivity index (χ0n) is 13.6. The molecule has 0 saturated carbocycles. The molecule has 1 atom stereocenters. The Kier molecular flexibility index (Phi) is 5.05. The molecule has 0 saturated heterocycles. The number of hydrogen-bond donors (Lipinski definition) is 2. The molecule has 0 aromatic heterocycles. The van der Waals surface area contributed by atoms with Crippen molar-refractivity contribution >= 4 is 23.6 Å². The zero-order chi connectivity index (χ0) is 17.8. The predicted molar refractivity (Wildman–Crippen MR) is 94.8 cm³/mol. The van der Waals surface area contributed by atoms with Gasteiger partial charge in [-0.25, -0.2) is 9.59 Å². The van der Waals surface area contributed by atoms with Gasteiger partial charge in [0.15, 0.2) is 0 Å². The number of esters is 1. The van der Waals surface area contributed by atoms with E-state index in [2.05, 4.69) is 10.6 Å². The fraction of sp³-hybridized carbons (Fsp3) is 0.158. The van der Waals surface area contributed by atoms with E-state index in [-0.39, 0.29) is 12.6 Å². The van der Waals surface area contributed by atoms with Gasteiger partial charge in [0.05, 0.1) is 11.6 Å². The number of carbonyl (C=O) groups excluding carboxylic acids is 2. The van der Waals surface area contributed by atoms with E-state index >= 15 is 0 Å². The van der Waals surface area contributed by atoms with Crippen molar-refractivity contribution in [3.63, 3.8) is 0 Å². The first-order valence-electron chi connectivity index (χ1n) is 7.79. The van der Waals surface area contributed by atoms with Crippen LogP contribution < -0.4 is 10.6 Å². The molecule has 128 valence electrons. The van der Waals surface area contributed by atoms with Crippen molar-refractivity contribution in [2.45, 2.75) is 19.6 Å². The lowest BCUT2D eigenvalue weighted by Crippen LogP contribution is -2.45. The van der Waals surface area contributed by atoms with Crippen LogP contribution in [0.25, 0.3) is 0 Å². The Morgan fingerprint density at radius 3 is 2.48 bits per heavy atom. The molecule has 2 aromatic rings. The third-order valence-electron chi connectivity index (χ3n) is 3.91. The fourth-order valence-electron chi connectivity index (χ4n) is 2.67. The van der Waals surface area contributed by atoms with Crippen LogP contribution in [0.2, 0.25) is 5.02 Å². The molecule has 2 amide bonds. The van der Waals surface area contributed by atoms with E-state index in [1.54, 1.807) is 31.2 Å². The number of halogens is 1. The lowest BCUT2D eigenvalue weighted by molar-refractivity contribution is -0.140.